The van der Waals surface area contributed by atoms with E-state index in [0.29, 0.717) is 0 Å². The third-order valence-electron chi connectivity index (χ3n) is 9.67. The van der Waals surface area contributed by atoms with E-state index in [2.05, 4.69) is 176 Å². The van der Waals surface area contributed by atoms with Gasteiger partial charge < -0.3 is 4.74 Å². The van der Waals surface area contributed by atoms with Crippen molar-refractivity contribution in [3.63, 3.8) is 0 Å². The predicted octanol–water partition coefficient (Wildman–Crippen LogP) is 12.0. The van der Waals surface area contributed by atoms with Gasteiger partial charge in [-0.3, -0.25) is 4.99 Å². The first-order valence-electron chi connectivity index (χ1n) is 16.2. The fourth-order valence-corrected chi connectivity index (χ4v) is 7.67. The second-order valence-corrected chi connectivity index (χ2v) is 13.7. The van der Waals surface area contributed by atoms with Crippen LogP contribution in [0, 0.1) is 0 Å². The highest BCUT2D eigenvalue weighted by atomic mass is 127. The number of hydrogen-bond donors (Lipinski definition) is 0. The molecule has 0 N–H and O–H groups in total. The maximum Gasteiger partial charge on any atom is 0.122 e. The first kappa shape index (κ1) is 31.1. The Morgan fingerprint density at radius 1 is 0.617 bits per heavy atom. The van der Waals surface area contributed by atoms with Crippen molar-refractivity contribution in [2.75, 3.05) is 14.2 Å². The number of fused-ring (bicyclic) bond motifs is 3. The minimum Gasteiger partial charge on any atom is -0.496 e. The molecule has 47 heavy (non-hydrogen) atoms. The number of aryl methyl sites for hydroxylation is 1. The van der Waals surface area contributed by atoms with Crippen molar-refractivity contribution < 1.29 is 4.74 Å². The van der Waals surface area contributed by atoms with Gasteiger partial charge in [-0.2, -0.15) is 0 Å². The Morgan fingerprint density at radius 3 is 2.04 bits per heavy atom. The molecule has 6 aromatic carbocycles. The second-order valence-electron chi connectivity index (χ2n) is 12.7. The summed E-state index contributed by atoms with van der Waals surface area (Å²) in [6, 6.07) is 46.9. The molecule has 0 radical (unpaired) electrons. The average Bonchev–Trinajstić information content (AvgIpc) is 3.37. The third-order valence-corrected chi connectivity index (χ3v) is 10.8. The van der Waals surface area contributed by atoms with Gasteiger partial charge in [-0.15, -0.1) is 0 Å². The van der Waals surface area contributed by atoms with Gasteiger partial charge in [0, 0.05) is 18.0 Å². The Kier molecular flexibility index (Phi) is 8.36. The Hall–Kier alpha value is -4.48. The molecule has 0 saturated carbocycles. The van der Waals surface area contributed by atoms with Crippen molar-refractivity contribution in [1.82, 2.24) is 0 Å². The quantitative estimate of drug-likeness (QED) is 0.119. The standard InChI is InChI=1S/C44H38INO/c1-6-28-23-30(20-22-41(28)47-5)32-24-33(36-16-12-17-38-37-15-10-11-18-40(37)44(2,3)42(36)38)26-34(25-32)39-27-31(43(45)46-4)19-21-35(39)29-13-8-7-9-14-29/h7-27H,6H2,1-5H3. The molecule has 7 rings (SSSR count). The van der Waals surface area contributed by atoms with Crippen LogP contribution < -0.4 is 4.74 Å². The number of ether oxygens (including phenoxy) is 1. The SMILES string of the molecule is CCc1cc(-c2cc(-c3cc(C(I)=NC)ccc3-c3ccccc3)cc(-c3cccc4c3C(C)(C)c3ccccc3-4)c2)ccc1OC. The molecule has 0 fully saturated rings. The number of hydrogen-bond acceptors (Lipinski definition) is 2. The van der Waals surface area contributed by atoms with E-state index in [-0.39, 0.29) is 5.41 Å². The molecule has 0 bridgehead atoms. The van der Waals surface area contributed by atoms with Gasteiger partial charge in [0.2, 0.25) is 0 Å². The van der Waals surface area contributed by atoms with Gasteiger partial charge in [0.05, 0.1) is 7.11 Å². The predicted molar refractivity (Wildman–Crippen MR) is 208 cm³/mol. The van der Waals surface area contributed by atoms with Crippen LogP contribution in [0.3, 0.4) is 0 Å². The highest BCUT2D eigenvalue weighted by molar-refractivity contribution is 14.1. The van der Waals surface area contributed by atoms with Crippen LogP contribution >= 0.6 is 22.6 Å². The highest BCUT2D eigenvalue weighted by Crippen LogP contribution is 2.52. The average molecular weight is 724 g/mol. The van der Waals surface area contributed by atoms with Crippen molar-refractivity contribution in [2.24, 2.45) is 4.99 Å². The zero-order chi connectivity index (χ0) is 32.7. The summed E-state index contributed by atoms with van der Waals surface area (Å²) in [6.45, 7) is 6.92. The maximum absolute atomic E-state index is 5.72. The van der Waals surface area contributed by atoms with Gasteiger partial charge in [-0.1, -0.05) is 112 Å². The van der Waals surface area contributed by atoms with E-state index in [9.17, 15) is 0 Å². The molecule has 0 amide bonds. The first-order valence-corrected chi connectivity index (χ1v) is 17.3. The first-order chi connectivity index (χ1) is 22.8. The maximum atomic E-state index is 5.72. The Bertz CT molecular complexity index is 2160. The van der Waals surface area contributed by atoms with E-state index >= 15 is 0 Å². The molecule has 0 saturated heterocycles. The normalized spacial score (nSPS) is 13.3. The van der Waals surface area contributed by atoms with Crippen molar-refractivity contribution in [3.05, 3.63) is 150 Å². The van der Waals surface area contributed by atoms with Crippen molar-refractivity contribution in [3.8, 4) is 61.4 Å². The number of nitrogens with zero attached hydrogens (tertiary/aromatic N) is 1. The second kappa shape index (κ2) is 12.6. The van der Waals surface area contributed by atoms with Crippen LogP contribution in [-0.2, 0) is 11.8 Å². The fraction of sp³-hybridized carbons (Fsp3) is 0.159. The van der Waals surface area contributed by atoms with Crippen LogP contribution in [0.1, 0.15) is 43.0 Å². The summed E-state index contributed by atoms with van der Waals surface area (Å²) in [4.78, 5) is 4.53. The van der Waals surface area contributed by atoms with Crippen LogP contribution in [0.5, 0.6) is 5.75 Å². The molecule has 0 spiro atoms. The number of rotatable bonds is 7. The van der Waals surface area contributed by atoms with Crippen molar-refractivity contribution in [1.29, 1.82) is 0 Å². The van der Waals surface area contributed by atoms with Crippen LogP contribution in [-0.4, -0.2) is 17.9 Å². The molecule has 0 atom stereocenters. The van der Waals surface area contributed by atoms with E-state index in [0.717, 1.165) is 21.5 Å². The fourth-order valence-electron chi connectivity index (χ4n) is 7.34. The van der Waals surface area contributed by atoms with Gasteiger partial charge in [0.1, 0.15) is 9.47 Å². The lowest BCUT2D eigenvalue weighted by molar-refractivity contribution is 0.410. The summed E-state index contributed by atoms with van der Waals surface area (Å²) in [5.74, 6) is 0.931. The monoisotopic (exact) mass is 723 g/mol. The van der Waals surface area contributed by atoms with Crippen LogP contribution in [0.2, 0.25) is 0 Å². The zero-order valence-corrected chi connectivity index (χ0v) is 29.7. The number of benzene rings is 6. The van der Waals surface area contributed by atoms with E-state index in [1.165, 1.54) is 72.3 Å². The van der Waals surface area contributed by atoms with Crippen LogP contribution in [0.15, 0.2) is 132 Å². The minimum atomic E-state index is -0.128. The summed E-state index contributed by atoms with van der Waals surface area (Å²) < 4.78 is 6.71. The van der Waals surface area contributed by atoms with Gasteiger partial charge in [0.25, 0.3) is 0 Å². The molecule has 0 unspecified atom stereocenters. The summed E-state index contributed by atoms with van der Waals surface area (Å²) in [6.07, 6.45) is 0.900. The van der Waals surface area contributed by atoms with Crippen LogP contribution in [0.4, 0.5) is 0 Å². The number of methoxy groups -OCH3 is 1. The van der Waals surface area contributed by atoms with Gasteiger partial charge in [0.15, 0.2) is 0 Å². The lowest BCUT2D eigenvalue weighted by Gasteiger charge is -2.25. The van der Waals surface area contributed by atoms with Crippen LogP contribution in [0.25, 0.3) is 55.6 Å². The smallest absolute Gasteiger partial charge is 0.122 e. The molecule has 2 nitrogen and oxygen atoms in total. The third kappa shape index (κ3) is 5.51. The van der Waals surface area contributed by atoms with E-state index in [1.54, 1.807) is 7.11 Å². The van der Waals surface area contributed by atoms with Gasteiger partial charge in [-0.05, 0) is 138 Å². The highest BCUT2D eigenvalue weighted by Gasteiger charge is 2.37. The summed E-state index contributed by atoms with van der Waals surface area (Å²) in [5, 5.41) is 0. The molecule has 1 aliphatic carbocycles. The molecule has 232 valence electrons. The largest absolute Gasteiger partial charge is 0.496 e. The topological polar surface area (TPSA) is 21.6 Å². The van der Waals surface area contributed by atoms with Gasteiger partial charge >= 0.3 is 0 Å². The Balaban J connectivity index is 1.53. The minimum absolute atomic E-state index is 0.128. The zero-order valence-electron chi connectivity index (χ0n) is 27.6. The Morgan fingerprint density at radius 2 is 1.30 bits per heavy atom. The van der Waals surface area contributed by atoms with E-state index in [4.69, 9.17) is 4.74 Å². The Labute approximate surface area is 292 Å². The molecular formula is C44H38INO. The molecule has 0 aliphatic heterocycles. The van der Waals surface area contributed by atoms with E-state index in [1.807, 2.05) is 7.05 Å². The number of halogens is 1. The molecular weight excluding hydrogens is 685 g/mol. The number of aliphatic imine (C=N–C) groups is 1. The molecule has 6 aromatic rings. The van der Waals surface area contributed by atoms with Crippen molar-refractivity contribution in [2.45, 2.75) is 32.6 Å². The van der Waals surface area contributed by atoms with Gasteiger partial charge in [-0.25, -0.2) is 0 Å². The summed E-state index contributed by atoms with van der Waals surface area (Å²) in [7, 11) is 3.61. The summed E-state index contributed by atoms with van der Waals surface area (Å²) >= 11 is 2.34. The van der Waals surface area contributed by atoms with E-state index < -0.39 is 0 Å². The molecule has 0 heterocycles. The lowest BCUT2D eigenvalue weighted by Crippen LogP contribution is -2.16. The lowest BCUT2D eigenvalue weighted by atomic mass is 9.78. The molecule has 0 aromatic heterocycles. The molecule has 1 aliphatic rings. The summed E-state index contributed by atoms with van der Waals surface area (Å²) in [5.41, 5.74) is 17.2. The van der Waals surface area contributed by atoms with Crippen molar-refractivity contribution >= 4 is 26.3 Å². The molecule has 3 heteroatoms.